The molecule has 0 atom stereocenters. The average Bonchev–Trinajstić information content (AvgIpc) is 2.81. The Kier molecular flexibility index (Phi) is 4.38. The number of benzene rings is 1. The van der Waals surface area contributed by atoms with Gasteiger partial charge in [0.2, 0.25) is 0 Å². The third-order valence-corrected chi connectivity index (χ3v) is 3.71. The third kappa shape index (κ3) is 3.44. The van der Waals surface area contributed by atoms with Gasteiger partial charge in [0, 0.05) is 16.8 Å². The fraction of sp³-hybridized carbons (Fsp3) is 0.250. The Morgan fingerprint density at radius 1 is 1.14 bits per heavy atom. The number of para-hydroxylation sites is 1. The van der Waals surface area contributed by atoms with Crippen molar-refractivity contribution in [1.29, 1.82) is 0 Å². The van der Waals surface area contributed by atoms with Crippen LogP contribution in [0.2, 0.25) is 4.47 Å². The van der Waals surface area contributed by atoms with Crippen molar-refractivity contribution in [1.82, 2.24) is 4.98 Å². The quantitative estimate of drug-likeness (QED) is 0.785. The fourth-order valence-corrected chi connectivity index (χ4v) is 2.53. The largest absolute Gasteiger partial charge is 0.458 e. The second-order valence-electron chi connectivity index (χ2n) is 4.05. The number of rotatable bonds is 4. The summed E-state index contributed by atoms with van der Waals surface area (Å²) in [5.74, 6) is -4.93. The molecular formula is C12H8ClF5N2S. The van der Waals surface area contributed by atoms with Crippen molar-refractivity contribution in [2.75, 3.05) is 5.32 Å². The van der Waals surface area contributed by atoms with Crippen LogP contribution in [0.1, 0.15) is 10.4 Å². The van der Waals surface area contributed by atoms with Gasteiger partial charge in [-0.05, 0) is 6.07 Å². The number of aromatic nitrogens is 1. The number of halogens is 6. The van der Waals surface area contributed by atoms with E-state index in [2.05, 4.69) is 10.3 Å². The maximum Gasteiger partial charge on any atom is 0.458 e. The molecule has 9 heteroatoms. The summed E-state index contributed by atoms with van der Waals surface area (Å²) in [6, 6.07) is 4.41. The van der Waals surface area contributed by atoms with Gasteiger partial charge in [-0.25, -0.2) is 4.98 Å². The Morgan fingerprint density at radius 2 is 1.81 bits per heavy atom. The van der Waals surface area contributed by atoms with Crippen molar-refractivity contribution in [3.8, 4) is 0 Å². The molecule has 114 valence electrons. The number of alkyl halides is 5. The van der Waals surface area contributed by atoms with Crippen molar-refractivity contribution in [3.05, 3.63) is 45.4 Å². The van der Waals surface area contributed by atoms with Gasteiger partial charge < -0.3 is 5.32 Å². The van der Waals surface area contributed by atoms with E-state index in [1.54, 1.807) is 0 Å². The SMILES string of the molecule is FC(F)(F)C(F)(F)c1ccccc1NCc1cnc(Cl)s1. The van der Waals surface area contributed by atoms with Gasteiger partial charge in [-0.3, -0.25) is 0 Å². The monoisotopic (exact) mass is 342 g/mol. The van der Waals surface area contributed by atoms with E-state index in [1.807, 2.05) is 0 Å². The lowest BCUT2D eigenvalue weighted by atomic mass is 10.1. The highest BCUT2D eigenvalue weighted by Gasteiger charge is 2.59. The molecule has 0 bridgehead atoms. The van der Waals surface area contributed by atoms with Gasteiger partial charge in [0.1, 0.15) is 0 Å². The number of nitrogens with one attached hydrogen (secondary N) is 1. The molecule has 0 saturated carbocycles. The van der Waals surface area contributed by atoms with E-state index >= 15 is 0 Å². The van der Waals surface area contributed by atoms with Crippen LogP contribution in [-0.2, 0) is 12.5 Å². The maximum atomic E-state index is 13.5. The summed E-state index contributed by atoms with van der Waals surface area (Å²) >= 11 is 6.72. The first-order chi connectivity index (χ1) is 9.72. The zero-order valence-electron chi connectivity index (χ0n) is 10.2. The lowest BCUT2D eigenvalue weighted by Crippen LogP contribution is -2.34. The molecule has 0 amide bonds. The molecule has 0 aliphatic heterocycles. The molecule has 1 aromatic carbocycles. The molecule has 1 heterocycles. The second-order valence-corrected chi connectivity index (χ2v) is 5.75. The highest BCUT2D eigenvalue weighted by atomic mass is 35.5. The highest BCUT2D eigenvalue weighted by molar-refractivity contribution is 7.15. The molecule has 0 radical (unpaired) electrons. The van der Waals surface area contributed by atoms with Crippen LogP contribution in [0, 0.1) is 0 Å². The molecule has 21 heavy (non-hydrogen) atoms. The van der Waals surface area contributed by atoms with Crippen LogP contribution in [0.25, 0.3) is 0 Å². The predicted molar refractivity (Wildman–Crippen MR) is 70.8 cm³/mol. The van der Waals surface area contributed by atoms with Crippen LogP contribution in [-0.4, -0.2) is 11.2 Å². The summed E-state index contributed by atoms with van der Waals surface area (Å²) < 4.78 is 64.6. The summed E-state index contributed by atoms with van der Waals surface area (Å²) in [7, 11) is 0. The number of thiazole rings is 1. The minimum absolute atomic E-state index is 0.0509. The third-order valence-electron chi connectivity index (χ3n) is 2.60. The van der Waals surface area contributed by atoms with Crippen LogP contribution in [0.3, 0.4) is 0 Å². The molecule has 0 unspecified atom stereocenters. The fourth-order valence-electron chi connectivity index (χ4n) is 1.61. The van der Waals surface area contributed by atoms with Crippen molar-refractivity contribution < 1.29 is 22.0 Å². The first-order valence-corrected chi connectivity index (χ1v) is 6.79. The number of hydrogen-bond donors (Lipinski definition) is 1. The van der Waals surface area contributed by atoms with Crippen LogP contribution in [0.4, 0.5) is 27.6 Å². The Bertz CT molecular complexity index is 626. The molecule has 0 fully saturated rings. The van der Waals surface area contributed by atoms with Crippen LogP contribution < -0.4 is 5.32 Å². The van der Waals surface area contributed by atoms with Gasteiger partial charge in [0.25, 0.3) is 0 Å². The van der Waals surface area contributed by atoms with Crippen molar-refractivity contribution >= 4 is 28.6 Å². The minimum Gasteiger partial charge on any atom is -0.380 e. The van der Waals surface area contributed by atoms with Gasteiger partial charge in [-0.2, -0.15) is 22.0 Å². The van der Waals surface area contributed by atoms with Gasteiger partial charge in [-0.1, -0.05) is 29.8 Å². The number of nitrogens with zero attached hydrogens (tertiary/aromatic N) is 1. The van der Waals surface area contributed by atoms with E-state index < -0.39 is 17.7 Å². The Hall–Kier alpha value is -1.41. The lowest BCUT2D eigenvalue weighted by Gasteiger charge is -2.22. The van der Waals surface area contributed by atoms with Crippen LogP contribution in [0.15, 0.2) is 30.5 Å². The maximum absolute atomic E-state index is 13.5. The topological polar surface area (TPSA) is 24.9 Å². The van der Waals surface area contributed by atoms with E-state index in [0.29, 0.717) is 4.88 Å². The van der Waals surface area contributed by atoms with E-state index in [-0.39, 0.29) is 16.7 Å². The first-order valence-electron chi connectivity index (χ1n) is 5.60. The van der Waals surface area contributed by atoms with Crippen LogP contribution >= 0.6 is 22.9 Å². The van der Waals surface area contributed by atoms with Crippen molar-refractivity contribution in [2.24, 2.45) is 0 Å². The number of hydrogen-bond acceptors (Lipinski definition) is 3. The predicted octanol–water partition coefficient (Wildman–Crippen LogP) is 5.06. The number of anilines is 1. The first kappa shape index (κ1) is 16.0. The van der Waals surface area contributed by atoms with E-state index in [1.165, 1.54) is 12.3 Å². The van der Waals surface area contributed by atoms with Crippen molar-refractivity contribution in [2.45, 2.75) is 18.6 Å². The zero-order valence-corrected chi connectivity index (χ0v) is 11.8. The van der Waals surface area contributed by atoms with Crippen LogP contribution in [0.5, 0.6) is 0 Å². The van der Waals surface area contributed by atoms with E-state index in [9.17, 15) is 22.0 Å². The van der Waals surface area contributed by atoms with Crippen molar-refractivity contribution in [3.63, 3.8) is 0 Å². The summed E-state index contributed by atoms with van der Waals surface area (Å²) in [5.41, 5.74) is -1.41. The zero-order chi connectivity index (χ0) is 15.7. The molecule has 0 aliphatic rings. The Morgan fingerprint density at radius 3 is 2.38 bits per heavy atom. The summed E-state index contributed by atoms with van der Waals surface area (Å²) in [5, 5.41) is 2.55. The molecule has 2 rings (SSSR count). The van der Waals surface area contributed by atoms with Gasteiger partial charge in [0.15, 0.2) is 4.47 Å². The Labute approximate surface area is 125 Å². The normalized spacial score (nSPS) is 12.5. The smallest absolute Gasteiger partial charge is 0.380 e. The molecule has 0 aliphatic carbocycles. The van der Waals surface area contributed by atoms with E-state index in [4.69, 9.17) is 11.6 Å². The lowest BCUT2D eigenvalue weighted by molar-refractivity contribution is -0.289. The minimum atomic E-state index is -5.65. The van der Waals surface area contributed by atoms with Gasteiger partial charge in [-0.15, -0.1) is 11.3 Å². The summed E-state index contributed by atoms with van der Waals surface area (Å²) in [6.45, 7) is 0.0509. The Balaban J connectivity index is 2.25. The van der Waals surface area contributed by atoms with E-state index in [0.717, 1.165) is 29.5 Å². The standard InChI is InChI=1S/C12H8ClF5N2S/c13-10-20-6-7(21-10)5-19-9-4-2-1-3-8(9)11(14,15)12(16,17)18/h1-4,6,19H,5H2. The average molecular weight is 343 g/mol. The molecule has 0 saturated heterocycles. The molecule has 2 aromatic rings. The second kappa shape index (κ2) is 5.76. The van der Waals surface area contributed by atoms with Gasteiger partial charge >= 0.3 is 12.1 Å². The molecule has 1 aromatic heterocycles. The molecule has 0 spiro atoms. The van der Waals surface area contributed by atoms with Gasteiger partial charge in [0.05, 0.1) is 12.1 Å². The molecule has 1 N–H and O–H groups in total. The summed E-state index contributed by atoms with van der Waals surface area (Å²) in [6.07, 6.45) is -4.23. The molecular weight excluding hydrogens is 335 g/mol. The highest BCUT2D eigenvalue weighted by Crippen LogP contribution is 2.46. The summed E-state index contributed by atoms with van der Waals surface area (Å²) in [4.78, 5) is 4.37. The molecule has 2 nitrogen and oxygen atoms in total.